The molecule has 2 fully saturated rings. The molecular weight excluding hydrogens is 396 g/mol. The van der Waals surface area contributed by atoms with Crippen LogP contribution < -0.4 is 4.90 Å². The van der Waals surface area contributed by atoms with Crippen LogP contribution in [0.15, 0.2) is 30.3 Å². The van der Waals surface area contributed by atoms with Gasteiger partial charge in [0.1, 0.15) is 11.6 Å². The third kappa shape index (κ3) is 4.73. The Hall–Kier alpha value is -2.27. The van der Waals surface area contributed by atoms with E-state index in [9.17, 15) is 4.79 Å². The van der Waals surface area contributed by atoms with Crippen LogP contribution in [0, 0.1) is 12.8 Å². The van der Waals surface area contributed by atoms with E-state index in [0.717, 1.165) is 55.6 Å². The topological polar surface area (TPSA) is 49.3 Å². The molecule has 1 aromatic carbocycles. The molecule has 0 unspecified atom stereocenters. The van der Waals surface area contributed by atoms with Crippen molar-refractivity contribution < 1.29 is 4.79 Å². The van der Waals surface area contributed by atoms with Crippen LogP contribution in [-0.4, -0.2) is 47.0 Å². The summed E-state index contributed by atoms with van der Waals surface area (Å²) < 4.78 is 0. The normalized spacial score (nSPS) is 22.3. The Morgan fingerprint density at radius 3 is 2.62 bits per heavy atom. The minimum Gasteiger partial charge on any atom is -0.302 e. The summed E-state index contributed by atoms with van der Waals surface area (Å²) >= 11 is 0. The fraction of sp³-hybridized carbons (Fsp3) is 0.593. The van der Waals surface area contributed by atoms with Gasteiger partial charge < -0.3 is 4.90 Å². The van der Waals surface area contributed by atoms with E-state index in [-0.39, 0.29) is 5.91 Å². The van der Waals surface area contributed by atoms with Crippen LogP contribution in [0.4, 0.5) is 5.82 Å². The molecule has 0 N–H and O–H groups in total. The quantitative estimate of drug-likeness (QED) is 0.665. The number of amides is 1. The summed E-state index contributed by atoms with van der Waals surface area (Å²) in [4.78, 5) is 27.4. The zero-order chi connectivity index (χ0) is 21.9. The van der Waals surface area contributed by atoms with E-state index in [1.165, 1.54) is 49.8 Å². The lowest BCUT2D eigenvalue weighted by Crippen LogP contribution is -2.38. The van der Waals surface area contributed by atoms with Crippen molar-refractivity contribution in [1.29, 1.82) is 0 Å². The first-order valence-corrected chi connectivity index (χ1v) is 12.6. The number of likely N-dealkylation sites (tertiary alicyclic amines) is 1. The van der Waals surface area contributed by atoms with E-state index in [1.54, 1.807) is 0 Å². The predicted octanol–water partition coefficient (Wildman–Crippen LogP) is 4.68. The van der Waals surface area contributed by atoms with Crippen molar-refractivity contribution in [3.63, 3.8) is 0 Å². The van der Waals surface area contributed by atoms with Gasteiger partial charge in [0.2, 0.25) is 5.91 Å². The molecule has 170 valence electrons. The monoisotopic (exact) mass is 432 g/mol. The van der Waals surface area contributed by atoms with Crippen molar-refractivity contribution in [2.24, 2.45) is 5.92 Å². The van der Waals surface area contributed by atoms with E-state index in [1.807, 2.05) is 11.0 Å². The van der Waals surface area contributed by atoms with Gasteiger partial charge in [-0.25, -0.2) is 9.97 Å². The third-order valence-corrected chi connectivity index (χ3v) is 7.70. The number of carbonyl (C=O) groups excluding carboxylic acids is 1. The minimum absolute atomic E-state index is 0.197. The molecule has 2 aliphatic heterocycles. The second kappa shape index (κ2) is 9.70. The molecule has 2 aromatic rings. The number of rotatable bonds is 6. The summed E-state index contributed by atoms with van der Waals surface area (Å²) in [5.74, 6) is 3.29. The van der Waals surface area contributed by atoms with Crippen molar-refractivity contribution in [3.8, 4) is 0 Å². The predicted molar refractivity (Wildman–Crippen MR) is 128 cm³/mol. The highest BCUT2D eigenvalue weighted by Crippen LogP contribution is 2.33. The van der Waals surface area contributed by atoms with Crippen LogP contribution in [0.1, 0.15) is 73.5 Å². The van der Waals surface area contributed by atoms with Gasteiger partial charge in [0.05, 0.1) is 0 Å². The molecule has 3 aliphatic rings. The van der Waals surface area contributed by atoms with Crippen LogP contribution in [0.25, 0.3) is 0 Å². The zero-order valence-corrected chi connectivity index (χ0v) is 19.4. The first-order chi connectivity index (χ1) is 15.7. The van der Waals surface area contributed by atoms with Crippen LogP contribution in [0.3, 0.4) is 0 Å². The van der Waals surface area contributed by atoms with Gasteiger partial charge in [0.15, 0.2) is 0 Å². The number of hydrogen-bond acceptors (Lipinski definition) is 4. The summed E-state index contributed by atoms with van der Waals surface area (Å²) in [6.07, 6.45) is 10.3. The van der Waals surface area contributed by atoms with Crippen molar-refractivity contribution >= 4 is 11.7 Å². The summed E-state index contributed by atoms with van der Waals surface area (Å²) in [7, 11) is 0. The van der Waals surface area contributed by atoms with E-state index in [0.29, 0.717) is 18.9 Å². The van der Waals surface area contributed by atoms with Crippen LogP contribution in [-0.2, 0) is 17.6 Å². The summed E-state index contributed by atoms with van der Waals surface area (Å²) in [5.41, 5.74) is 3.49. The van der Waals surface area contributed by atoms with Crippen molar-refractivity contribution in [1.82, 2.24) is 14.9 Å². The molecule has 1 saturated heterocycles. The molecule has 1 aliphatic carbocycles. The highest BCUT2D eigenvalue weighted by molar-refractivity contribution is 5.95. The molecule has 0 radical (unpaired) electrons. The van der Waals surface area contributed by atoms with E-state index >= 15 is 0 Å². The average molecular weight is 433 g/mol. The molecule has 0 spiro atoms. The van der Waals surface area contributed by atoms with Gasteiger partial charge in [-0.3, -0.25) is 9.69 Å². The first kappa shape index (κ1) is 21.6. The van der Waals surface area contributed by atoms with Crippen molar-refractivity contribution in [2.75, 3.05) is 31.1 Å². The number of hydrogen-bond donors (Lipinski definition) is 0. The number of aryl methyl sites for hydroxylation is 1. The molecule has 1 amide bonds. The molecule has 5 nitrogen and oxygen atoms in total. The van der Waals surface area contributed by atoms with Gasteiger partial charge in [-0.2, -0.15) is 0 Å². The van der Waals surface area contributed by atoms with Gasteiger partial charge in [0.25, 0.3) is 0 Å². The second-order valence-electron chi connectivity index (χ2n) is 10.00. The largest absolute Gasteiger partial charge is 0.302 e. The number of nitrogens with zero attached hydrogens (tertiary/aromatic N) is 4. The molecule has 1 atom stereocenters. The Morgan fingerprint density at radius 2 is 1.81 bits per heavy atom. The lowest BCUT2D eigenvalue weighted by Gasteiger charge is -2.30. The molecule has 0 bridgehead atoms. The molecule has 3 heterocycles. The second-order valence-corrected chi connectivity index (χ2v) is 10.00. The standard InChI is InChI=1S/C27H36N4O/c1-20-24-12-13-25(32)31(17-14-21-8-4-2-5-9-21)27(24)29-26(28-20)23-15-16-30(19-23)18-22-10-6-3-7-11-22/h2,4-5,8-9,22-23H,3,6-7,10-19H2,1H3/t23-/m1/s1. The zero-order valence-electron chi connectivity index (χ0n) is 19.4. The maximum Gasteiger partial charge on any atom is 0.228 e. The Morgan fingerprint density at radius 1 is 1.00 bits per heavy atom. The van der Waals surface area contributed by atoms with Crippen LogP contribution in [0.5, 0.6) is 0 Å². The van der Waals surface area contributed by atoms with Crippen molar-refractivity contribution in [2.45, 2.75) is 70.6 Å². The molecule has 32 heavy (non-hydrogen) atoms. The molecule has 1 saturated carbocycles. The van der Waals surface area contributed by atoms with Crippen LogP contribution in [0.2, 0.25) is 0 Å². The Labute approximate surface area is 192 Å². The maximum absolute atomic E-state index is 12.9. The Balaban J connectivity index is 1.31. The van der Waals surface area contributed by atoms with Gasteiger partial charge in [0, 0.05) is 43.2 Å². The number of carbonyl (C=O) groups is 1. The van der Waals surface area contributed by atoms with E-state index in [2.05, 4.69) is 36.1 Å². The lowest BCUT2D eigenvalue weighted by atomic mass is 9.89. The number of anilines is 1. The molecular formula is C27H36N4O. The van der Waals surface area contributed by atoms with Crippen molar-refractivity contribution in [3.05, 3.63) is 53.0 Å². The van der Waals surface area contributed by atoms with Gasteiger partial charge in [-0.15, -0.1) is 0 Å². The molecule has 1 aromatic heterocycles. The lowest BCUT2D eigenvalue weighted by molar-refractivity contribution is -0.118. The summed E-state index contributed by atoms with van der Waals surface area (Å²) in [5, 5.41) is 0. The van der Waals surface area contributed by atoms with E-state index < -0.39 is 0 Å². The number of aromatic nitrogens is 2. The van der Waals surface area contributed by atoms with E-state index in [4.69, 9.17) is 9.97 Å². The van der Waals surface area contributed by atoms with Gasteiger partial charge in [-0.05, 0) is 57.1 Å². The summed E-state index contributed by atoms with van der Waals surface area (Å²) in [6.45, 7) is 6.24. The molecule has 5 heteroatoms. The minimum atomic E-state index is 0.197. The third-order valence-electron chi connectivity index (χ3n) is 7.70. The maximum atomic E-state index is 12.9. The summed E-state index contributed by atoms with van der Waals surface area (Å²) in [6, 6.07) is 10.4. The van der Waals surface area contributed by atoms with Gasteiger partial charge in [-0.1, -0.05) is 49.6 Å². The van der Waals surface area contributed by atoms with Crippen LogP contribution >= 0.6 is 0 Å². The Kier molecular flexibility index (Phi) is 6.54. The average Bonchev–Trinajstić information content (AvgIpc) is 3.28. The van der Waals surface area contributed by atoms with Gasteiger partial charge >= 0.3 is 0 Å². The highest BCUT2D eigenvalue weighted by atomic mass is 16.2. The smallest absolute Gasteiger partial charge is 0.228 e. The highest BCUT2D eigenvalue weighted by Gasteiger charge is 2.32. The Bertz CT molecular complexity index is 938. The fourth-order valence-corrected chi connectivity index (χ4v) is 5.85. The number of benzene rings is 1. The number of fused-ring (bicyclic) bond motifs is 1. The molecule has 5 rings (SSSR count). The fourth-order valence-electron chi connectivity index (χ4n) is 5.85. The SMILES string of the molecule is Cc1nc([C@@H]2CCN(CC3CCCCC3)C2)nc2c1CCC(=O)N2CCc1ccccc1. The first-order valence-electron chi connectivity index (χ1n) is 12.6.